The molecule has 0 aliphatic heterocycles. The van der Waals surface area contributed by atoms with Crippen LogP contribution in [0, 0.1) is 0 Å². The summed E-state index contributed by atoms with van der Waals surface area (Å²) in [4.78, 5) is 7.12. The van der Waals surface area contributed by atoms with Crippen LogP contribution in [0.1, 0.15) is 28.2 Å². The second-order valence-electron chi connectivity index (χ2n) is 9.15. The first kappa shape index (κ1) is 26.1. The molecule has 2 heterocycles. The molecule has 2 aromatic heterocycles. The molecule has 0 amide bonds. The van der Waals surface area contributed by atoms with Crippen LogP contribution >= 0.6 is 15.9 Å². The summed E-state index contributed by atoms with van der Waals surface area (Å²) in [6.45, 7) is 2.29. The number of para-hydroxylation sites is 1. The number of alkyl halides is 3. The summed E-state index contributed by atoms with van der Waals surface area (Å²) in [5.41, 5.74) is 3.21. The van der Waals surface area contributed by atoms with E-state index >= 15 is 0 Å². The van der Waals surface area contributed by atoms with Crippen LogP contribution in [0.25, 0.3) is 10.9 Å². The minimum Gasteiger partial charge on any atom is -0.312 e. The second kappa shape index (κ2) is 11.4. The topological polar surface area (TPSA) is 46.8 Å². The van der Waals surface area contributed by atoms with Crippen LogP contribution in [-0.2, 0) is 32.2 Å². The second-order valence-corrected chi connectivity index (χ2v) is 10.1. The van der Waals surface area contributed by atoms with Crippen molar-refractivity contribution in [2.45, 2.75) is 32.2 Å². The summed E-state index contributed by atoms with van der Waals surface area (Å²) in [6, 6.07) is 25.6. The molecule has 38 heavy (non-hydrogen) atoms. The van der Waals surface area contributed by atoms with E-state index in [1.165, 1.54) is 17.7 Å². The Morgan fingerprint density at radius 3 is 2.32 bits per heavy atom. The molecule has 0 bridgehead atoms. The summed E-state index contributed by atoms with van der Waals surface area (Å²) in [5, 5.41) is 9.51. The first-order valence-corrected chi connectivity index (χ1v) is 13.0. The van der Waals surface area contributed by atoms with Gasteiger partial charge in [0.15, 0.2) is 0 Å². The van der Waals surface area contributed by atoms with Crippen LogP contribution in [0.15, 0.2) is 95.7 Å². The van der Waals surface area contributed by atoms with Crippen LogP contribution in [0.2, 0.25) is 0 Å². The Morgan fingerprint density at radius 1 is 0.816 bits per heavy atom. The molecule has 0 aliphatic carbocycles. The van der Waals surface area contributed by atoms with Gasteiger partial charge >= 0.3 is 6.18 Å². The van der Waals surface area contributed by atoms with Crippen LogP contribution in [0.3, 0.4) is 0 Å². The Morgan fingerprint density at radius 2 is 1.55 bits per heavy atom. The molecule has 194 valence electrons. The molecule has 0 N–H and O–H groups in total. The number of rotatable bonds is 9. The standard InChI is InChI=1S/C29H25BrF3N5/c30-25-12-7-21(8-13-25)15-16-37(18-26-14-9-23-3-1-2-4-27(23)35-26)19-28-36-34-20-38(28)17-22-5-10-24(11-6-22)29(31,32)33/h1-14,20H,15-19H2. The quantitative estimate of drug-likeness (QED) is 0.190. The predicted molar refractivity (Wildman–Crippen MR) is 144 cm³/mol. The molecule has 5 rings (SSSR count). The van der Waals surface area contributed by atoms with Gasteiger partial charge < -0.3 is 4.57 Å². The number of nitrogens with zero attached hydrogens (tertiary/aromatic N) is 5. The molecule has 0 fully saturated rings. The van der Waals surface area contributed by atoms with Gasteiger partial charge in [0.05, 0.1) is 29.9 Å². The zero-order valence-corrected chi connectivity index (χ0v) is 22.0. The number of halogens is 4. The average molecular weight is 580 g/mol. The maximum Gasteiger partial charge on any atom is 0.416 e. The molecular formula is C29H25BrF3N5. The third-order valence-corrected chi connectivity index (χ3v) is 6.90. The molecule has 3 aromatic carbocycles. The van der Waals surface area contributed by atoms with E-state index in [0.717, 1.165) is 57.6 Å². The largest absolute Gasteiger partial charge is 0.416 e. The SMILES string of the molecule is FC(F)(F)c1ccc(Cn2cnnc2CN(CCc2ccc(Br)cc2)Cc2ccc3ccccc3n2)cc1. The first-order chi connectivity index (χ1) is 18.3. The van der Waals surface area contributed by atoms with Gasteiger partial charge in [-0.25, -0.2) is 0 Å². The van der Waals surface area contributed by atoms with E-state index in [1.54, 1.807) is 6.33 Å². The third kappa shape index (κ3) is 6.65. The van der Waals surface area contributed by atoms with Crippen molar-refractivity contribution in [1.29, 1.82) is 0 Å². The Hall–Kier alpha value is -3.56. The molecule has 0 aliphatic rings. The van der Waals surface area contributed by atoms with Gasteiger partial charge in [-0.05, 0) is 53.9 Å². The van der Waals surface area contributed by atoms with Crippen molar-refractivity contribution < 1.29 is 13.2 Å². The molecule has 0 unspecified atom stereocenters. The van der Waals surface area contributed by atoms with Crippen molar-refractivity contribution in [3.63, 3.8) is 0 Å². The molecular weight excluding hydrogens is 555 g/mol. The van der Waals surface area contributed by atoms with E-state index in [9.17, 15) is 13.2 Å². The molecule has 0 saturated heterocycles. The van der Waals surface area contributed by atoms with E-state index < -0.39 is 11.7 Å². The Labute approximate surface area is 227 Å². The molecule has 0 spiro atoms. The number of benzene rings is 3. The highest BCUT2D eigenvalue weighted by molar-refractivity contribution is 9.10. The van der Waals surface area contributed by atoms with Crippen molar-refractivity contribution in [1.82, 2.24) is 24.6 Å². The van der Waals surface area contributed by atoms with Crippen molar-refractivity contribution in [2.75, 3.05) is 6.54 Å². The predicted octanol–water partition coefficient (Wildman–Crippen LogP) is 6.90. The maximum absolute atomic E-state index is 12.9. The van der Waals surface area contributed by atoms with Crippen molar-refractivity contribution in [3.8, 4) is 0 Å². The van der Waals surface area contributed by atoms with E-state index in [1.807, 2.05) is 47.0 Å². The molecule has 0 radical (unpaired) electrons. The molecule has 0 saturated carbocycles. The van der Waals surface area contributed by atoms with Gasteiger partial charge in [0.1, 0.15) is 12.2 Å². The number of aromatic nitrogens is 4. The number of pyridine rings is 1. The van der Waals surface area contributed by atoms with Gasteiger partial charge in [0.25, 0.3) is 0 Å². The summed E-state index contributed by atoms with van der Waals surface area (Å²) < 4.78 is 41.8. The van der Waals surface area contributed by atoms with E-state index in [2.05, 4.69) is 49.2 Å². The number of hydrogen-bond donors (Lipinski definition) is 0. The van der Waals surface area contributed by atoms with Crippen LogP contribution in [0.4, 0.5) is 13.2 Å². The van der Waals surface area contributed by atoms with Gasteiger partial charge in [0.2, 0.25) is 0 Å². The highest BCUT2D eigenvalue weighted by Crippen LogP contribution is 2.29. The lowest BCUT2D eigenvalue weighted by molar-refractivity contribution is -0.137. The number of hydrogen-bond acceptors (Lipinski definition) is 4. The van der Waals surface area contributed by atoms with Gasteiger partial charge in [-0.2, -0.15) is 13.2 Å². The normalized spacial score (nSPS) is 11.9. The van der Waals surface area contributed by atoms with Crippen LogP contribution < -0.4 is 0 Å². The van der Waals surface area contributed by atoms with Crippen molar-refractivity contribution in [3.05, 3.63) is 124 Å². The Bertz CT molecular complexity index is 1500. The third-order valence-electron chi connectivity index (χ3n) is 6.37. The van der Waals surface area contributed by atoms with Crippen LogP contribution in [-0.4, -0.2) is 31.2 Å². The summed E-state index contributed by atoms with van der Waals surface area (Å²) in [5.74, 6) is 0.737. The molecule has 0 atom stereocenters. The smallest absolute Gasteiger partial charge is 0.312 e. The fraction of sp³-hybridized carbons (Fsp3) is 0.207. The minimum atomic E-state index is -4.35. The lowest BCUT2D eigenvalue weighted by atomic mass is 10.1. The van der Waals surface area contributed by atoms with Crippen LogP contribution in [0.5, 0.6) is 0 Å². The van der Waals surface area contributed by atoms with E-state index in [0.29, 0.717) is 19.6 Å². The van der Waals surface area contributed by atoms with E-state index in [4.69, 9.17) is 4.98 Å². The average Bonchev–Trinajstić information content (AvgIpc) is 3.34. The Kier molecular flexibility index (Phi) is 7.85. The zero-order chi connectivity index (χ0) is 26.5. The monoisotopic (exact) mass is 579 g/mol. The molecule has 5 aromatic rings. The maximum atomic E-state index is 12.9. The van der Waals surface area contributed by atoms with Gasteiger partial charge in [-0.3, -0.25) is 9.88 Å². The fourth-order valence-corrected chi connectivity index (χ4v) is 4.57. The highest BCUT2D eigenvalue weighted by atomic mass is 79.9. The fourth-order valence-electron chi connectivity index (χ4n) is 4.31. The van der Waals surface area contributed by atoms with Gasteiger partial charge in [0, 0.05) is 22.9 Å². The minimum absolute atomic E-state index is 0.384. The zero-order valence-electron chi connectivity index (χ0n) is 20.4. The van der Waals surface area contributed by atoms with Gasteiger partial charge in [-0.15, -0.1) is 10.2 Å². The first-order valence-electron chi connectivity index (χ1n) is 12.2. The lowest BCUT2D eigenvalue weighted by Crippen LogP contribution is -2.27. The van der Waals surface area contributed by atoms with Crippen molar-refractivity contribution in [2.24, 2.45) is 0 Å². The van der Waals surface area contributed by atoms with E-state index in [-0.39, 0.29) is 0 Å². The number of fused-ring (bicyclic) bond motifs is 1. The Balaban J connectivity index is 1.34. The summed E-state index contributed by atoms with van der Waals surface area (Å²) >= 11 is 3.49. The summed E-state index contributed by atoms with van der Waals surface area (Å²) in [6.07, 6.45) is -1.89. The van der Waals surface area contributed by atoms with Gasteiger partial charge in [-0.1, -0.05) is 64.5 Å². The van der Waals surface area contributed by atoms with Crippen molar-refractivity contribution >= 4 is 26.8 Å². The molecule has 9 heteroatoms. The highest BCUT2D eigenvalue weighted by Gasteiger charge is 2.30. The lowest BCUT2D eigenvalue weighted by Gasteiger charge is -2.22. The summed E-state index contributed by atoms with van der Waals surface area (Å²) in [7, 11) is 0. The molecule has 5 nitrogen and oxygen atoms in total.